The SMILES string of the molecule is CCCSc1ncc(CN2CCCC(c3cc(=O)[nH]c(-c4cccnc4)n3)C2)cn1. The van der Waals surface area contributed by atoms with Crippen LogP contribution in [0.2, 0.25) is 0 Å². The first-order valence-corrected chi connectivity index (χ1v) is 11.4. The molecule has 1 aliphatic heterocycles. The third kappa shape index (κ3) is 5.31. The molecular formula is C22H26N6OS. The summed E-state index contributed by atoms with van der Waals surface area (Å²) in [7, 11) is 0. The van der Waals surface area contributed by atoms with E-state index in [1.54, 1.807) is 30.2 Å². The number of nitrogens with one attached hydrogen (secondary N) is 1. The lowest BCUT2D eigenvalue weighted by atomic mass is 9.94. The fraction of sp³-hybridized carbons (Fsp3) is 0.409. The van der Waals surface area contributed by atoms with Gasteiger partial charge in [0.25, 0.3) is 5.56 Å². The molecule has 4 heterocycles. The highest BCUT2D eigenvalue weighted by atomic mass is 32.2. The van der Waals surface area contributed by atoms with Crippen molar-refractivity contribution >= 4 is 11.8 Å². The summed E-state index contributed by atoms with van der Waals surface area (Å²) in [6.45, 7) is 4.87. The number of piperidine rings is 1. The normalized spacial score (nSPS) is 17.2. The smallest absolute Gasteiger partial charge is 0.251 e. The summed E-state index contributed by atoms with van der Waals surface area (Å²) in [5.74, 6) is 1.85. The van der Waals surface area contributed by atoms with Crippen molar-refractivity contribution in [2.75, 3.05) is 18.8 Å². The highest BCUT2D eigenvalue weighted by molar-refractivity contribution is 7.99. The van der Waals surface area contributed by atoms with Crippen molar-refractivity contribution in [1.29, 1.82) is 0 Å². The highest BCUT2D eigenvalue weighted by Crippen LogP contribution is 2.27. The Morgan fingerprint density at radius 3 is 2.90 bits per heavy atom. The molecule has 0 aliphatic carbocycles. The number of thioether (sulfide) groups is 1. The van der Waals surface area contributed by atoms with E-state index in [1.807, 2.05) is 24.5 Å². The zero-order chi connectivity index (χ0) is 20.8. The molecule has 156 valence electrons. The van der Waals surface area contributed by atoms with Crippen molar-refractivity contribution in [2.45, 2.75) is 43.8 Å². The van der Waals surface area contributed by atoms with Crippen LogP contribution in [0.5, 0.6) is 0 Å². The Morgan fingerprint density at radius 1 is 1.27 bits per heavy atom. The van der Waals surface area contributed by atoms with Gasteiger partial charge in [0.1, 0.15) is 5.82 Å². The number of aromatic nitrogens is 5. The van der Waals surface area contributed by atoms with Gasteiger partial charge >= 0.3 is 0 Å². The Bertz CT molecular complexity index is 1010. The second-order valence-electron chi connectivity index (χ2n) is 7.56. The molecule has 0 aromatic carbocycles. The Kier molecular flexibility index (Phi) is 6.86. The van der Waals surface area contributed by atoms with Crippen LogP contribution in [0.3, 0.4) is 0 Å². The van der Waals surface area contributed by atoms with Crippen LogP contribution in [-0.2, 0) is 6.54 Å². The van der Waals surface area contributed by atoms with Gasteiger partial charge < -0.3 is 4.98 Å². The molecule has 0 amide bonds. The van der Waals surface area contributed by atoms with Crippen LogP contribution in [0.25, 0.3) is 11.4 Å². The first-order chi connectivity index (χ1) is 14.7. The van der Waals surface area contributed by atoms with Crippen LogP contribution in [-0.4, -0.2) is 48.7 Å². The summed E-state index contributed by atoms with van der Waals surface area (Å²) in [5, 5.41) is 0.841. The van der Waals surface area contributed by atoms with E-state index < -0.39 is 0 Å². The molecule has 0 bridgehead atoms. The van der Waals surface area contributed by atoms with Crippen molar-refractivity contribution in [3.05, 3.63) is 64.6 Å². The number of rotatable bonds is 7. The standard InChI is InChI=1S/C22H26N6OS/c1-2-9-30-22-24-11-16(12-25-22)14-28-8-4-6-18(15-28)19-10-20(29)27-21(26-19)17-5-3-7-23-13-17/h3,5,7,10-13,18H,2,4,6,8-9,14-15H2,1H3,(H,26,27,29). The van der Waals surface area contributed by atoms with E-state index >= 15 is 0 Å². The minimum Gasteiger partial charge on any atom is -0.306 e. The lowest BCUT2D eigenvalue weighted by molar-refractivity contribution is 0.198. The molecule has 0 radical (unpaired) electrons. The van der Waals surface area contributed by atoms with Crippen LogP contribution in [0, 0.1) is 0 Å². The third-order valence-electron chi connectivity index (χ3n) is 5.14. The van der Waals surface area contributed by atoms with Gasteiger partial charge in [-0.25, -0.2) is 15.0 Å². The number of hydrogen-bond donors (Lipinski definition) is 1. The number of aromatic amines is 1. The van der Waals surface area contributed by atoms with Gasteiger partial charge in [0.15, 0.2) is 5.16 Å². The lowest BCUT2D eigenvalue weighted by Gasteiger charge is -2.32. The maximum absolute atomic E-state index is 12.3. The highest BCUT2D eigenvalue weighted by Gasteiger charge is 2.23. The average Bonchev–Trinajstić information content (AvgIpc) is 2.79. The number of pyridine rings is 1. The minimum absolute atomic E-state index is 0.121. The fourth-order valence-electron chi connectivity index (χ4n) is 3.72. The van der Waals surface area contributed by atoms with Gasteiger partial charge in [-0.15, -0.1) is 0 Å². The molecule has 1 aliphatic rings. The van der Waals surface area contributed by atoms with E-state index in [4.69, 9.17) is 4.98 Å². The fourth-order valence-corrected chi connectivity index (χ4v) is 4.36. The summed E-state index contributed by atoms with van der Waals surface area (Å²) in [6, 6.07) is 5.39. The summed E-state index contributed by atoms with van der Waals surface area (Å²) < 4.78 is 0. The van der Waals surface area contributed by atoms with Gasteiger partial charge in [0, 0.05) is 66.7 Å². The van der Waals surface area contributed by atoms with Gasteiger partial charge in [-0.05, 0) is 37.9 Å². The average molecular weight is 423 g/mol. The molecule has 30 heavy (non-hydrogen) atoms. The molecule has 1 unspecified atom stereocenters. The second kappa shape index (κ2) is 9.95. The Balaban J connectivity index is 1.45. The zero-order valence-corrected chi connectivity index (χ0v) is 17.9. The number of nitrogens with zero attached hydrogens (tertiary/aromatic N) is 5. The van der Waals surface area contributed by atoms with Gasteiger partial charge in [-0.3, -0.25) is 14.7 Å². The van der Waals surface area contributed by atoms with Crippen molar-refractivity contribution < 1.29 is 0 Å². The van der Waals surface area contributed by atoms with Crippen molar-refractivity contribution in [1.82, 2.24) is 29.8 Å². The summed E-state index contributed by atoms with van der Waals surface area (Å²) in [5.41, 5.74) is 2.67. The monoisotopic (exact) mass is 422 g/mol. The largest absolute Gasteiger partial charge is 0.306 e. The van der Waals surface area contributed by atoms with E-state index in [2.05, 4.69) is 31.8 Å². The van der Waals surface area contributed by atoms with Gasteiger partial charge in [0.05, 0.1) is 5.69 Å². The van der Waals surface area contributed by atoms with E-state index in [9.17, 15) is 4.79 Å². The van der Waals surface area contributed by atoms with E-state index in [-0.39, 0.29) is 11.5 Å². The van der Waals surface area contributed by atoms with Crippen LogP contribution < -0.4 is 5.56 Å². The number of hydrogen-bond acceptors (Lipinski definition) is 7. The first-order valence-electron chi connectivity index (χ1n) is 10.4. The van der Waals surface area contributed by atoms with Crippen LogP contribution in [0.15, 0.2) is 52.9 Å². The molecule has 4 rings (SSSR count). The molecule has 7 nitrogen and oxygen atoms in total. The summed E-state index contributed by atoms with van der Waals surface area (Å²) >= 11 is 1.69. The third-order valence-corrected chi connectivity index (χ3v) is 6.22. The van der Waals surface area contributed by atoms with Crippen LogP contribution in [0.4, 0.5) is 0 Å². The van der Waals surface area contributed by atoms with E-state index in [1.165, 1.54) is 0 Å². The predicted molar refractivity (Wildman–Crippen MR) is 118 cm³/mol. The minimum atomic E-state index is -0.121. The topological polar surface area (TPSA) is 87.7 Å². The van der Waals surface area contributed by atoms with Gasteiger partial charge in [-0.1, -0.05) is 18.7 Å². The molecule has 3 aromatic rings. The van der Waals surface area contributed by atoms with E-state index in [0.717, 1.165) is 66.6 Å². The molecular weight excluding hydrogens is 396 g/mol. The van der Waals surface area contributed by atoms with Crippen molar-refractivity contribution in [3.63, 3.8) is 0 Å². The maximum Gasteiger partial charge on any atom is 0.251 e. The lowest BCUT2D eigenvalue weighted by Crippen LogP contribution is -2.34. The van der Waals surface area contributed by atoms with Gasteiger partial charge in [0.2, 0.25) is 0 Å². The molecule has 1 saturated heterocycles. The molecule has 1 N–H and O–H groups in total. The Hall–Kier alpha value is -2.58. The first kappa shape index (κ1) is 20.7. The Labute approximate surface area is 180 Å². The quantitative estimate of drug-likeness (QED) is 0.460. The van der Waals surface area contributed by atoms with Gasteiger partial charge in [-0.2, -0.15) is 0 Å². The predicted octanol–water partition coefficient (Wildman–Crippen LogP) is 3.50. The zero-order valence-electron chi connectivity index (χ0n) is 17.1. The summed E-state index contributed by atoms with van der Waals surface area (Å²) in [6.07, 6.45) is 10.5. The van der Waals surface area contributed by atoms with Crippen molar-refractivity contribution in [2.24, 2.45) is 0 Å². The summed E-state index contributed by atoms with van der Waals surface area (Å²) in [4.78, 5) is 35.3. The number of H-pyrrole nitrogens is 1. The van der Waals surface area contributed by atoms with Crippen molar-refractivity contribution in [3.8, 4) is 11.4 Å². The number of likely N-dealkylation sites (tertiary alicyclic amines) is 1. The second-order valence-corrected chi connectivity index (χ2v) is 8.62. The molecule has 0 saturated carbocycles. The molecule has 8 heteroatoms. The van der Waals surface area contributed by atoms with Crippen LogP contribution in [0.1, 0.15) is 43.4 Å². The molecule has 1 fully saturated rings. The molecule has 0 spiro atoms. The van der Waals surface area contributed by atoms with E-state index in [0.29, 0.717) is 5.82 Å². The Morgan fingerprint density at radius 2 is 2.13 bits per heavy atom. The van der Waals surface area contributed by atoms with Crippen LogP contribution >= 0.6 is 11.8 Å². The maximum atomic E-state index is 12.3. The molecule has 1 atom stereocenters. The molecule has 3 aromatic heterocycles.